The molecule has 0 spiro atoms. The third-order valence-corrected chi connectivity index (χ3v) is 8.79. The highest BCUT2D eigenvalue weighted by atomic mass is 35.5. The molecule has 1 amide bonds. The molecule has 1 heterocycles. The molecule has 7 nitrogen and oxygen atoms in total. The molecular weight excluding hydrogens is 542 g/mol. The number of carbonyl (C=O) groups excluding carboxylic acids is 1. The summed E-state index contributed by atoms with van der Waals surface area (Å²) in [6.07, 6.45) is 0.0764. The number of aliphatic carboxylic acids is 1. The molecule has 0 saturated carbocycles. The lowest BCUT2D eigenvalue weighted by Crippen LogP contribution is -2.58. The number of carbonyl (C=O) groups is 2. The standard InChI is InChI=1S/C26H31Cl2FN2O5S/c1-4-21(15-30-37(35,36)5-2)31-24(16-6-8-18(27)9-7-16)22(17-10-19(28)12-20(29)11-17)13-26(3,25(31)34)14-23(32)33/h6-12,21-22,24,30H,4-5,13-15H2,1-3H3,(H,32,33). The molecule has 37 heavy (non-hydrogen) atoms. The summed E-state index contributed by atoms with van der Waals surface area (Å²) in [6.45, 7) is 4.88. The van der Waals surface area contributed by atoms with Crippen LogP contribution >= 0.6 is 23.2 Å². The summed E-state index contributed by atoms with van der Waals surface area (Å²) in [5.41, 5.74) is -0.102. The van der Waals surface area contributed by atoms with Gasteiger partial charge in [-0.05, 0) is 61.2 Å². The van der Waals surface area contributed by atoms with Crippen molar-refractivity contribution in [2.75, 3.05) is 12.3 Å². The highest BCUT2D eigenvalue weighted by Gasteiger charge is 2.52. The average Bonchev–Trinajstić information content (AvgIpc) is 2.81. The Balaban J connectivity index is 2.24. The van der Waals surface area contributed by atoms with E-state index in [2.05, 4.69) is 4.72 Å². The number of nitrogens with zero attached hydrogens (tertiary/aromatic N) is 1. The molecular formula is C26H31Cl2FN2O5S. The first-order valence-corrected chi connectivity index (χ1v) is 14.4. The molecule has 2 aromatic rings. The summed E-state index contributed by atoms with van der Waals surface area (Å²) < 4.78 is 41.6. The molecule has 3 rings (SSSR count). The van der Waals surface area contributed by atoms with Crippen LogP contribution in [0.2, 0.25) is 10.0 Å². The lowest BCUT2D eigenvalue weighted by atomic mass is 9.67. The number of halogens is 3. The SMILES string of the molecule is CCC(CNS(=O)(=O)CC)N1C(=O)C(C)(CC(=O)O)CC(c2cc(F)cc(Cl)c2)C1c1ccc(Cl)cc1. The van der Waals surface area contributed by atoms with Crippen LogP contribution in [0.5, 0.6) is 0 Å². The number of amides is 1. The maximum atomic E-state index is 14.5. The van der Waals surface area contributed by atoms with Crippen LogP contribution < -0.4 is 4.72 Å². The van der Waals surface area contributed by atoms with Gasteiger partial charge >= 0.3 is 5.97 Å². The number of hydrogen-bond acceptors (Lipinski definition) is 4. The molecule has 0 radical (unpaired) electrons. The zero-order valence-corrected chi connectivity index (χ0v) is 23.2. The smallest absolute Gasteiger partial charge is 0.304 e. The predicted molar refractivity (Wildman–Crippen MR) is 142 cm³/mol. The average molecular weight is 574 g/mol. The Kier molecular flexibility index (Phi) is 9.27. The van der Waals surface area contributed by atoms with E-state index in [1.807, 2.05) is 6.92 Å². The summed E-state index contributed by atoms with van der Waals surface area (Å²) in [7, 11) is -3.56. The Labute approximate surface area is 227 Å². The number of rotatable bonds is 10. The Morgan fingerprint density at radius 2 is 1.81 bits per heavy atom. The maximum Gasteiger partial charge on any atom is 0.304 e. The molecule has 1 aliphatic heterocycles. The molecule has 1 fully saturated rings. The summed E-state index contributed by atoms with van der Waals surface area (Å²) in [4.78, 5) is 27.5. The van der Waals surface area contributed by atoms with Crippen molar-refractivity contribution >= 4 is 45.1 Å². The van der Waals surface area contributed by atoms with Crippen molar-refractivity contribution in [1.29, 1.82) is 0 Å². The Hall–Kier alpha value is -2.20. The molecule has 11 heteroatoms. The van der Waals surface area contributed by atoms with Crippen LogP contribution in [-0.4, -0.2) is 48.6 Å². The monoisotopic (exact) mass is 572 g/mol. The van der Waals surface area contributed by atoms with Gasteiger partial charge in [-0.2, -0.15) is 0 Å². The molecule has 0 bridgehead atoms. The largest absolute Gasteiger partial charge is 0.481 e. The number of nitrogens with one attached hydrogen (secondary N) is 1. The van der Waals surface area contributed by atoms with Gasteiger partial charge in [0.25, 0.3) is 0 Å². The van der Waals surface area contributed by atoms with Gasteiger partial charge in [-0.25, -0.2) is 17.5 Å². The summed E-state index contributed by atoms with van der Waals surface area (Å²) in [5.74, 6) is -2.76. The topological polar surface area (TPSA) is 104 Å². The molecule has 4 unspecified atom stereocenters. The van der Waals surface area contributed by atoms with Crippen molar-refractivity contribution in [2.24, 2.45) is 5.41 Å². The predicted octanol–water partition coefficient (Wildman–Crippen LogP) is 5.39. The van der Waals surface area contributed by atoms with E-state index in [9.17, 15) is 27.5 Å². The minimum Gasteiger partial charge on any atom is -0.481 e. The highest BCUT2D eigenvalue weighted by molar-refractivity contribution is 7.89. The van der Waals surface area contributed by atoms with Gasteiger partial charge < -0.3 is 10.0 Å². The van der Waals surface area contributed by atoms with E-state index in [-0.39, 0.29) is 23.7 Å². The Bertz CT molecular complexity index is 1240. The minimum atomic E-state index is -3.56. The highest BCUT2D eigenvalue weighted by Crippen LogP contribution is 2.52. The molecule has 4 atom stereocenters. The van der Waals surface area contributed by atoms with Crippen LogP contribution in [0.3, 0.4) is 0 Å². The van der Waals surface area contributed by atoms with E-state index in [0.717, 1.165) is 0 Å². The molecule has 0 aromatic heterocycles. The third-order valence-electron chi connectivity index (χ3n) is 6.95. The van der Waals surface area contributed by atoms with Crippen LogP contribution in [0.4, 0.5) is 4.39 Å². The molecule has 0 aliphatic carbocycles. The summed E-state index contributed by atoms with van der Waals surface area (Å²) >= 11 is 12.3. The molecule has 1 aliphatic rings. The van der Waals surface area contributed by atoms with Gasteiger partial charge in [-0.1, -0.05) is 49.2 Å². The lowest BCUT2D eigenvalue weighted by Gasteiger charge is -2.52. The van der Waals surface area contributed by atoms with Crippen LogP contribution in [0.15, 0.2) is 42.5 Å². The Morgan fingerprint density at radius 3 is 2.35 bits per heavy atom. The number of benzene rings is 2. The zero-order chi connectivity index (χ0) is 27.5. The molecule has 2 aromatic carbocycles. The minimum absolute atomic E-state index is 0.0533. The fourth-order valence-corrected chi connectivity index (χ4v) is 6.10. The van der Waals surface area contributed by atoms with Crippen LogP contribution in [0, 0.1) is 11.2 Å². The van der Waals surface area contributed by atoms with E-state index in [1.165, 1.54) is 19.1 Å². The van der Waals surface area contributed by atoms with E-state index < -0.39 is 57.6 Å². The van der Waals surface area contributed by atoms with E-state index >= 15 is 0 Å². The van der Waals surface area contributed by atoms with Crippen LogP contribution in [-0.2, 0) is 19.6 Å². The second-order valence-corrected chi connectivity index (χ2v) is 12.6. The summed E-state index contributed by atoms with van der Waals surface area (Å²) in [6, 6.07) is 9.79. The van der Waals surface area contributed by atoms with Crippen molar-refractivity contribution < 1.29 is 27.5 Å². The van der Waals surface area contributed by atoms with Crippen molar-refractivity contribution in [3.63, 3.8) is 0 Å². The fourth-order valence-electron chi connectivity index (χ4n) is 5.10. The first-order chi connectivity index (χ1) is 17.3. The van der Waals surface area contributed by atoms with Gasteiger partial charge in [0.05, 0.1) is 23.6 Å². The summed E-state index contributed by atoms with van der Waals surface area (Å²) in [5, 5.41) is 10.3. The molecule has 2 N–H and O–H groups in total. The quantitative estimate of drug-likeness (QED) is 0.397. The zero-order valence-electron chi connectivity index (χ0n) is 20.9. The van der Waals surface area contributed by atoms with Gasteiger partial charge in [-0.15, -0.1) is 0 Å². The van der Waals surface area contributed by atoms with E-state index in [0.29, 0.717) is 22.6 Å². The maximum absolute atomic E-state index is 14.5. The van der Waals surface area contributed by atoms with Gasteiger partial charge in [0.2, 0.25) is 15.9 Å². The second kappa shape index (κ2) is 11.7. The first-order valence-electron chi connectivity index (χ1n) is 12.0. The number of piperidine rings is 1. The number of likely N-dealkylation sites (tertiary alicyclic amines) is 1. The Morgan fingerprint density at radius 1 is 1.16 bits per heavy atom. The number of carboxylic acids is 1. The van der Waals surface area contributed by atoms with Crippen LogP contribution in [0.1, 0.15) is 63.1 Å². The van der Waals surface area contributed by atoms with E-state index in [4.69, 9.17) is 23.2 Å². The second-order valence-electron chi connectivity index (χ2n) is 9.67. The van der Waals surface area contributed by atoms with Gasteiger partial charge in [0, 0.05) is 28.5 Å². The number of sulfonamides is 1. The van der Waals surface area contributed by atoms with Gasteiger partial charge in [0.1, 0.15) is 5.82 Å². The van der Waals surface area contributed by atoms with Crippen molar-refractivity contribution in [1.82, 2.24) is 9.62 Å². The van der Waals surface area contributed by atoms with Crippen molar-refractivity contribution in [2.45, 2.75) is 58.0 Å². The molecule has 1 saturated heterocycles. The van der Waals surface area contributed by atoms with Gasteiger partial charge in [0.15, 0.2) is 0 Å². The van der Waals surface area contributed by atoms with Gasteiger partial charge in [-0.3, -0.25) is 9.59 Å². The normalized spacial score (nSPS) is 23.2. The van der Waals surface area contributed by atoms with E-state index in [1.54, 1.807) is 42.2 Å². The lowest BCUT2D eigenvalue weighted by molar-refractivity contribution is -0.160. The fraction of sp³-hybridized carbons (Fsp3) is 0.462. The molecule has 202 valence electrons. The number of hydrogen-bond donors (Lipinski definition) is 2. The number of carboxylic acid groups (broad SMARTS) is 1. The third kappa shape index (κ3) is 6.82. The van der Waals surface area contributed by atoms with Crippen molar-refractivity contribution in [3.05, 3.63) is 69.5 Å². The van der Waals surface area contributed by atoms with Crippen molar-refractivity contribution in [3.8, 4) is 0 Å². The van der Waals surface area contributed by atoms with Crippen LogP contribution in [0.25, 0.3) is 0 Å². The first kappa shape index (κ1) is 29.4.